The summed E-state index contributed by atoms with van der Waals surface area (Å²) in [5, 5.41) is 3.51. The van der Waals surface area contributed by atoms with Gasteiger partial charge in [-0.15, -0.1) is 0 Å². The van der Waals surface area contributed by atoms with Crippen LogP contribution in [0.25, 0.3) is 5.57 Å². The molecule has 0 saturated carbocycles. The zero-order valence-electron chi connectivity index (χ0n) is 16.1. The summed E-state index contributed by atoms with van der Waals surface area (Å²) in [7, 11) is 0. The van der Waals surface area contributed by atoms with Crippen molar-refractivity contribution in [1.82, 2.24) is 10.2 Å². The lowest BCUT2D eigenvalue weighted by molar-refractivity contribution is 0.343. The van der Waals surface area contributed by atoms with E-state index < -0.39 is 0 Å². The molecule has 3 heteroatoms. The lowest BCUT2D eigenvalue weighted by Gasteiger charge is -2.18. The van der Waals surface area contributed by atoms with Gasteiger partial charge in [0.25, 0.3) is 0 Å². The molecule has 0 spiro atoms. The van der Waals surface area contributed by atoms with E-state index in [0.29, 0.717) is 12.5 Å². The molecule has 0 bridgehead atoms. The molecule has 1 aromatic carbocycles. The van der Waals surface area contributed by atoms with Crippen LogP contribution in [0.1, 0.15) is 50.2 Å². The number of rotatable bonds is 4. The Balaban J connectivity index is 1.70. The van der Waals surface area contributed by atoms with E-state index >= 15 is 0 Å². The van der Waals surface area contributed by atoms with Gasteiger partial charge in [0, 0.05) is 24.2 Å². The first kappa shape index (κ1) is 17.4. The highest BCUT2D eigenvalue weighted by atomic mass is 16.5. The minimum Gasteiger partial charge on any atom is -0.487 e. The molecular formula is C23H30N2O. The molecule has 0 atom stereocenters. The van der Waals surface area contributed by atoms with Gasteiger partial charge in [-0.2, -0.15) is 0 Å². The van der Waals surface area contributed by atoms with Gasteiger partial charge in [-0.3, -0.25) is 0 Å². The first-order valence-electron chi connectivity index (χ1n) is 10.1. The Bertz CT molecular complexity index is 751. The van der Waals surface area contributed by atoms with Crippen molar-refractivity contribution in [3.8, 4) is 5.75 Å². The van der Waals surface area contributed by atoms with Gasteiger partial charge in [0.05, 0.1) is 5.70 Å². The van der Waals surface area contributed by atoms with Crippen molar-refractivity contribution < 1.29 is 4.74 Å². The number of hydrogen-bond donors (Lipinski definition) is 1. The van der Waals surface area contributed by atoms with Gasteiger partial charge in [-0.05, 0) is 61.5 Å². The van der Waals surface area contributed by atoms with Gasteiger partial charge in [0.2, 0.25) is 0 Å². The number of benzene rings is 1. The van der Waals surface area contributed by atoms with Crippen molar-refractivity contribution in [3.63, 3.8) is 0 Å². The number of nitrogens with zero attached hydrogens (tertiary/aromatic N) is 1. The Morgan fingerprint density at radius 3 is 2.88 bits per heavy atom. The average molecular weight is 351 g/mol. The molecule has 1 N–H and O–H groups in total. The molecule has 3 aliphatic rings. The fraction of sp³-hybridized carbons (Fsp3) is 0.478. The third kappa shape index (κ3) is 3.59. The topological polar surface area (TPSA) is 24.5 Å². The Labute approximate surface area is 157 Å². The van der Waals surface area contributed by atoms with Crippen LogP contribution in [0.5, 0.6) is 5.75 Å². The predicted octanol–water partition coefficient (Wildman–Crippen LogP) is 4.49. The molecule has 1 saturated heterocycles. The van der Waals surface area contributed by atoms with Crippen LogP contribution in [-0.4, -0.2) is 37.7 Å². The second kappa shape index (κ2) is 7.71. The second-order valence-corrected chi connectivity index (χ2v) is 7.83. The number of nitrogens with one attached hydrogen (secondary N) is 1. The monoisotopic (exact) mass is 350 g/mol. The van der Waals surface area contributed by atoms with E-state index in [0.717, 1.165) is 25.3 Å². The molecule has 138 valence electrons. The molecule has 3 heterocycles. The molecule has 1 aromatic rings. The molecule has 0 amide bonds. The van der Waals surface area contributed by atoms with E-state index in [1.807, 2.05) is 0 Å². The Kier molecular flexibility index (Phi) is 5.16. The summed E-state index contributed by atoms with van der Waals surface area (Å²) in [5.74, 6) is 1.52. The highest BCUT2D eigenvalue weighted by molar-refractivity contribution is 5.86. The number of hydrogen-bond acceptors (Lipinski definition) is 3. The number of allylic oxidation sites excluding steroid dienone is 3. The van der Waals surface area contributed by atoms with E-state index in [9.17, 15) is 0 Å². The molecule has 3 aliphatic heterocycles. The van der Waals surface area contributed by atoms with E-state index in [4.69, 9.17) is 4.74 Å². The standard InChI is InChI=1S/C23H30N2O/c1-17(2)18-9-10-23-21(15-18)19(8-6-14-25-12-3-4-13-25)20-7-5-11-24-22(20)16-26-23/h5,7-10,15,17,24H,3-4,6,11-14,16H2,1-2H3/b19-8+. The molecular weight excluding hydrogens is 320 g/mol. The normalized spacial score (nSPS) is 21.4. The molecule has 0 unspecified atom stereocenters. The molecule has 26 heavy (non-hydrogen) atoms. The Morgan fingerprint density at radius 2 is 2.08 bits per heavy atom. The third-order valence-electron chi connectivity index (χ3n) is 5.66. The average Bonchev–Trinajstić information content (AvgIpc) is 3.12. The van der Waals surface area contributed by atoms with Crippen molar-refractivity contribution in [2.45, 2.75) is 39.0 Å². The highest BCUT2D eigenvalue weighted by Crippen LogP contribution is 2.38. The van der Waals surface area contributed by atoms with E-state index in [1.54, 1.807) is 0 Å². The smallest absolute Gasteiger partial charge is 0.128 e. The zero-order valence-corrected chi connectivity index (χ0v) is 16.1. The number of fused-ring (bicyclic) bond motifs is 1. The third-order valence-corrected chi connectivity index (χ3v) is 5.66. The van der Waals surface area contributed by atoms with Crippen LogP contribution in [-0.2, 0) is 0 Å². The minimum atomic E-state index is 0.517. The van der Waals surface area contributed by atoms with Crippen LogP contribution in [0.2, 0.25) is 0 Å². The maximum atomic E-state index is 6.16. The summed E-state index contributed by atoms with van der Waals surface area (Å²) in [6.45, 7) is 9.69. The van der Waals surface area contributed by atoms with Gasteiger partial charge in [0.1, 0.15) is 12.4 Å². The predicted molar refractivity (Wildman–Crippen MR) is 108 cm³/mol. The van der Waals surface area contributed by atoms with Crippen molar-refractivity contribution in [2.24, 2.45) is 0 Å². The molecule has 0 aromatic heterocycles. The summed E-state index contributed by atoms with van der Waals surface area (Å²) in [4.78, 5) is 2.58. The quantitative estimate of drug-likeness (QED) is 0.866. The maximum absolute atomic E-state index is 6.16. The fourth-order valence-electron chi connectivity index (χ4n) is 4.09. The van der Waals surface area contributed by atoms with Crippen LogP contribution >= 0.6 is 0 Å². The molecule has 4 rings (SSSR count). The van der Waals surface area contributed by atoms with Crippen molar-refractivity contribution >= 4 is 5.57 Å². The van der Waals surface area contributed by atoms with Crippen molar-refractivity contribution in [2.75, 3.05) is 32.8 Å². The van der Waals surface area contributed by atoms with E-state index in [-0.39, 0.29) is 0 Å². The first-order valence-corrected chi connectivity index (χ1v) is 10.1. The largest absolute Gasteiger partial charge is 0.487 e. The highest BCUT2D eigenvalue weighted by Gasteiger charge is 2.22. The molecule has 3 nitrogen and oxygen atoms in total. The number of ether oxygens (including phenoxy) is 1. The van der Waals surface area contributed by atoms with Crippen LogP contribution in [0, 0.1) is 0 Å². The van der Waals surface area contributed by atoms with Gasteiger partial charge in [-0.25, -0.2) is 0 Å². The van der Waals surface area contributed by atoms with E-state index in [1.165, 1.54) is 53.9 Å². The molecule has 0 aliphatic carbocycles. The molecule has 0 radical (unpaired) electrons. The zero-order chi connectivity index (χ0) is 17.9. The van der Waals surface area contributed by atoms with Crippen LogP contribution in [0.15, 0.2) is 47.7 Å². The second-order valence-electron chi connectivity index (χ2n) is 7.83. The van der Waals surface area contributed by atoms with Gasteiger partial charge in [-0.1, -0.05) is 38.1 Å². The van der Waals surface area contributed by atoms with Gasteiger partial charge < -0.3 is 15.0 Å². The van der Waals surface area contributed by atoms with Crippen LogP contribution in [0.3, 0.4) is 0 Å². The lowest BCUT2D eigenvalue weighted by Crippen LogP contribution is -2.22. The van der Waals surface area contributed by atoms with Gasteiger partial charge >= 0.3 is 0 Å². The number of likely N-dealkylation sites (tertiary alicyclic amines) is 1. The van der Waals surface area contributed by atoms with E-state index in [2.05, 4.69) is 60.5 Å². The van der Waals surface area contributed by atoms with Crippen molar-refractivity contribution in [3.05, 3.63) is 58.8 Å². The Morgan fingerprint density at radius 1 is 1.23 bits per heavy atom. The minimum absolute atomic E-state index is 0.517. The maximum Gasteiger partial charge on any atom is 0.128 e. The SMILES string of the molecule is CC(C)c1ccc2c(c1)/C(=C/CCN1CCCC1)C1=C(CO2)NCC=C1. The summed E-state index contributed by atoms with van der Waals surface area (Å²) in [6, 6.07) is 6.69. The Hall–Kier alpha value is -2.00. The van der Waals surface area contributed by atoms with Crippen molar-refractivity contribution in [1.29, 1.82) is 0 Å². The lowest BCUT2D eigenvalue weighted by atomic mass is 9.90. The van der Waals surface area contributed by atoms with Gasteiger partial charge in [0.15, 0.2) is 0 Å². The summed E-state index contributed by atoms with van der Waals surface area (Å²) < 4.78 is 6.16. The summed E-state index contributed by atoms with van der Waals surface area (Å²) in [6.07, 6.45) is 10.7. The fourth-order valence-corrected chi connectivity index (χ4v) is 4.09. The summed E-state index contributed by atoms with van der Waals surface area (Å²) in [5.41, 5.74) is 6.46. The first-order chi connectivity index (χ1) is 12.7. The number of dihydropyridines is 1. The van der Waals surface area contributed by atoms with Crippen LogP contribution in [0.4, 0.5) is 0 Å². The van der Waals surface area contributed by atoms with Crippen LogP contribution < -0.4 is 10.1 Å². The molecule has 1 fully saturated rings. The summed E-state index contributed by atoms with van der Waals surface area (Å²) >= 11 is 0.